The third-order valence-electron chi connectivity index (χ3n) is 4.29. The van der Waals surface area contributed by atoms with Gasteiger partial charge in [-0.15, -0.1) is 10.2 Å². The highest BCUT2D eigenvalue weighted by atomic mass is 79.9. The van der Waals surface area contributed by atoms with Crippen molar-refractivity contribution in [2.24, 2.45) is 0 Å². The van der Waals surface area contributed by atoms with E-state index in [-0.39, 0.29) is 0 Å². The molecule has 0 saturated heterocycles. The van der Waals surface area contributed by atoms with Gasteiger partial charge >= 0.3 is 0 Å². The van der Waals surface area contributed by atoms with E-state index in [4.69, 9.17) is 0 Å². The van der Waals surface area contributed by atoms with E-state index in [2.05, 4.69) is 69.4 Å². The van der Waals surface area contributed by atoms with Crippen LogP contribution in [-0.2, 0) is 6.42 Å². The second-order valence-corrected chi connectivity index (χ2v) is 8.17. The van der Waals surface area contributed by atoms with E-state index in [0.717, 1.165) is 25.6 Å². The molecule has 4 heteroatoms. The monoisotopic (exact) mass is 414 g/mol. The Kier molecular flexibility index (Phi) is 6.76. The van der Waals surface area contributed by atoms with Crippen LogP contribution < -0.4 is 0 Å². The number of rotatable bonds is 8. The number of hydrogen-bond acceptors (Lipinski definition) is 3. The molecule has 1 heterocycles. The minimum Gasteiger partial charge on any atom is -0.138 e. The molecular weight excluding hydrogens is 392 g/mol. The molecule has 0 radical (unpaired) electrons. The van der Waals surface area contributed by atoms with E-state index in [1.54, 1.807) is 11.3 Å². The first-order valence-electron chi connectivity index (χ1n) is 8.95. The van der Waals surface area contributed by atoms with Crippen LogP contribution in [0.3, 0.4) is 0 Å². The smallest absolute Gasteiger partial charge is 0.138 e. The Morgan fingerprint density at radius 1 is 0.760 bits per heavy atom. The van der Waals surface area contributed by atoms with E-state index in [0.29, 0.717) is 0 Å². The molecule has 3 rings (SSSR count). The molecule has 130 valence electrons. The first kappa shape index (κ1) is 18.3. The second kappa shape index (κ2) is 9.25. The molecular formula is C21H23BrN2S. The van der Waals surface area contributed by atoms with Crippen molar-refractivity contribution < 1.29 is 0 Å². The van der Waals surface area contributed by atoms with Crippen LogP contribution in [0.4, 0.5) is 0 Å². The zero-order chi connectivity index (χ0) is 17.5. The first-order valence-corrected chi connectivity index (χ1v) is 10.6. The van der Waals surface area contributed by atoms with Crippen molar-refractivity contribution in [2.75, 3.05) is 0 Å². The quantitative estimate of drug-likeness (QED) is 0.365. The lowest BCUT2D eigenvalue weighted by Gasteiger charge is -2.02. The zero-order valence-corrected chi connectivity index (χ0v) is 16.9. The van der Waals surface area contributed by atoms with Crippen molar-refractivity contribution in [3.05, 3.63) is 58.6 Å². The predicted molar refractivity (Wildman–Crippen MR) is 111 cm³/mol. The van der Waals surface area contributed by atoms with Crippen molar-refractivity contribution in [3.8, 4) is 21.1 Å². The lowest BCUT2D eigenvalue weighted by atomic mass is 10.0. The summed E-state index contributed by atoms with van der Waals surface area (Å²) < 4.78 is 1.08. The summed E-state index contributed by atoms with van der Waals surface area (Å²) in [7, 11) is 0. The molecule has 0 aliphatic heterocycles. The zero-order valence-electron chi connectivity index (χ0n) is 14.5. The van der Waals surface area contributed by atoms with Crippen LogP contribution in [0.2, 0.25) is 0 Å². The fraction of sp³-hybridized carbons (Fsp3) is 0.333. The molecule has 25 heavy (non-hydrogen) atoms. The highest BCUT2D eigenvalue weighted by Gasteiger charge is 2.08. The number of halogens is 1. The number of benzene rings is 2. The molecule has 2 nitrogen and oxygen atoms in total. The Labute approximate surface area is 162 Å². The highest BCUT2D eigenvalue weighted by molar-refractivity contribution is 9.10. The van der Waals surface area contributed by atoms with E-state index >= 15 is 0 Å². The highest BCUT2D eigenvalue weighted by Crippen LogP contribution is 2.30. The van der Waals surface area contributed by atoms with Gasteiger partial charge in [-0.2, -0.15) is 0 Å². The van der Waals surface area contributed by atoms with E-state index in [9.17, 15) is 0 Å². The summed E-state index contributed by atoms with van der Waals surface area (Å²) in [5.41, 5.74) is 3.67. The summed E-state index contributed by atoms with van der Waals surface area (Å²) in [6.45, 7) is 2.26. The van der Waals surface area contributed by atoms with Crippen molar-refractivity contribution in [3.63, 3.8) is 0 Å². The van der Waals surface area contributed by atoms with Gasteiger partial charge in [-0.3, -0.25) is 0 Å². The summed E-state index contributed by atoms with van der Waals surface area (Å²) in [6.07, 6.45) is 7.81. The van der Waals surface area contributed by atoms with Crippen LogP contribution in [0.15, 0.2) is 53.0 Å². The van der Waals surface area contributed by atoms with Gasteiger partial charge < -0.3 is 0 Å². The Bertz CT molecular complexity index is 778. The minimum atomic E-state index is 0.961. The minimum absolute atomic E-state index is 0.961. The van der Waals surface area contributed by atoms with Crippen molar-refractivity contribution in [2.45, 2.75) is 45.4 Å². The van der Waals surface area contributed by atoms with Gasteiger partial charge in [0.25, 0.3) is 0 Å². The number of aromatic nitrogens is 2. The maximum Gasteiger partial charge on any atom is 0.148 e. The topological polar surface area (TPSA) is 25.8 Å². The largest absolute Gasteiger partial charge is 0.148 e. The third-order valence-corrected chi connectivity index (χ3v) is 5.84. The molecule has 0 bridgehead atoms. The maximum atomic E-state index is 4.37. The molecule has 0 fully saturated rings. The van der Waals surface area contributed by atoms with E-state index in [1.807, 2.05) is 12.1 Å². The molecule has 1 aromatic heterocycles. The molecule has 2 aromatic carbocycles. The molecule has 0 atom stereocenters. The van der Waals surface area contributed by atoms with Gasteiger partial charge in [0, 0.05) is 15.6 Å². The van der Waals surface area contributed by atoms with Crippen LogP contribution >= 0.6 is 27.3 Å². The number of hydrogen-bond donors (Lipinski definition) is 0. The lowest BCUT2D eigenvalue weighted by molar-refractivity contribution is 0.632. The van der Waals surface area contributed by atoms with Gasteiger partial charge in [-0.1, -0.05) is 96.3 Å². The van der Waals surface area contributed by atoms with Crippen LogP contribution in [0, 0.1) is 0 Å². The average molecular weight is 415 g/mol. The molecule has 3 aromatic rings. The molecule has 0 saturated carbocycles. The van der Waals surface area contributed by atoms with Gasteiger partial charge in [-0.05, 0) is 30.5 Å². The SMILES string of the molecule is CCCCCCCc1ccc(-c2nnc(-c3ccc(Br)cc3)s2)cc1. The third kappa shape index (κ3) is 5.23. The van der Waals surface area contributed by atoms with E-state index in [1.165, 1.54) is 44.1 Å². The predicted octanol–water partition coefficient (Wildman–Crippen LogP) is 7.15. The second-order valence-electron chi connectivity index (χ2n) is 6.28. The van der Waals surface area contributed by atoms with Gasteiger partial charge in [0.2, 0.25) is 0 Å². The first-order chi connectivity index (χ1) is 12.3. The van der Waals surface area contributed by atoms with Crippen molar-refractivity contribution in [1.82, 2.24) is 10.2 Å². The summed E-state index contributed by atoms with van der Waals surface area (Å²) >= 11 is 5.10. The van der Waals surface area contributed by atoms with E-state index < -0.39 is 0 Å². The Balaban J connectivity index is 1.62. The van der Waals surface area contributed by atoms with Crippen LogP contribution in [-0.4, -0.2) is 10.2 Å². The number of unbranched alkanes of at least 4 members (excludes halogenated alkanes) is 4. The average Bonchev–Trinajstić information content (AvgIpc) is 3.13. The maximum absolute atomic E-state index is 4.37. The Morgan fingerprint density at radius 3 is 1.92 bits per heavy atom. The van der Waals surface area contributed by atoms with Gasteiger partial charge in [-0.25, -0.2) is 0 Å². The summed E-state index contributed by atoms with van der Waals surface area (Å²) in [4.78, 5) is 0. The molecule has 0 amide bonds. The normalized spacial score (nSPS) is 11.0. The Hall–Kier alpha value is -1.52. The van der Waals surface area contributed by atoms with Crippen LogP contribution in [0.25, 0.3) is 21.1 Å². The number of aryl methyl sites for hydroxylation is 1. The molecule has 0 unspecified atom stereocenters. The molecule has 0 spiro atoms. The summed E-state index contributed by atoms with van der Waals surface area (Å²) in [6, 6.07) is 17.0. The van der Waals surface area contributed by atoms with Crippen LogP contribution in [0.1, 0.15) is 44.6 Å². The van der Waals surface area contributed by atoms with Crippen molar-refractivity contribution in [1.29, 1.82) is 0 Å². The lowest BCUT2D eigenvalue weighted by Crippen LogP contribution is -1.86. The fourth-order valence-electron chi connectivity index (χ4n) is 2.80. The van der Waals surface area contributed by atoms with Gasteiger partial charge in [0.1, 0.15) is 10.0 Å². The number of nitrogens with zero attached hydrogens (tertiary/aromatic N) is 2. The Morgan fingerprint density at radius 2 is 1.32 bits per heavy atom. The van der Waals surface area contributed by atoms with Crippen molar-refractivity contribution >= 4 is 27.3 Å². The molecule has 0 N–H and O–H groups in total. The molecule has 0 aliphatic carbocycles. The van der Waals surface area contributed by atoms with Gasteiger partial charge in [0.15, 0.2) is 0 Å². The molecule has 0 aliphatic rings. The van der Waals surface area contributed by atoms with Crippen LogP contribution in [0.5, 0.6) is 0 Å². The summed E-state index contributed by atoms with van der Waals surface area (Å²) in [5.74, 6) is 0. The standard InChI is InChI=1S/C21H23BrN2S/c1-2-3-4-5-6-7-16-8-10-17(11-9-16)20-23-24-21(25-20)18-12-14-19(22)15-13-18/h8-15H,2-7H2,1H3. The fourth-order valence-corrected chi connectivity index (χ4v) is 3.91. The van der Waals surface area contributed by atoms with Gasteiger partial charge in [0.05, 0.1) is 0 Å². The summed E-state index contributed by atoms with van der Waals surface area (Å²) in [5, 5.41) is 10.7.